The molecule has 1 heterocycles. The summed E-state index contributed by atoms with van der Waals surface area (Å²) < 4.78 is 5.78. The van der Waals surface area contributed by atoms with Crippen LogP contribution in [-0.2, 0) is 4.74 Å². The molecule has 1 N–H and O–H groups in total. The van der Waals surface area contributed by atoms with Crippen molar-refractivity contribution in [3.63, 3.8) is 0 Å². The zero-order valence-electron chi connectivity index (χ0n) is 13.8. The number of morpholine rings is 1. The van der Waals surface area contributed by atoms with E-state index in [1.165, 1.54) is 17.5 Å². The molecule has 1 aliphatic heterocycles. The van der Waals surface area contributed by atoms with Crippen molar-refractivity contribution in [3.8, 4) is 0 Å². The van der Waals surface area contributed by atoms with Crippen LogP contribution in [0.25, 0.3) is 0 Å². The Kier molecular flexibility index (Phi) is 6.68. The van der Waals surface area contributed by atoms with Crippen LogP contribution in [0.15, 0.2) is 24.3 Å². The smallest absolute Gasteiger partial charge is 0.0700 e. The van der Waals surface area contributed by atoms with E-state index in [1.54, 1.807) is 0 Å². The van der Waals surface area contributed by atoms with Crippen molar-refractivity contribution in [2.45, 2.75) is 45.8 Å². The Morgan fingerprint density at radius 1 is 1.29 bits per heavy atom. The minimum Gasteiger partial charge on any atom is -0.376 e. The Bertz CT molecular complexity index is 404. The lowest BCUT2D eigenvalue weighted by molar-refractivity contribution is -0.0322. The highest BCUT2D eigenvalue weighted by Gasteiger charge is 2.22. The highest BCUT2D eigenvalue weighted by atomic mass is 16.5. The van der Waals surface area contributed by atoms with Gasteiger partial charge in [0.15, 0.2) is 0 Å². The molecule has 2 rings (SSSR count). The predicted molar refractivity (Wildman–Crippen MR) is 88.7 cm³/mol. The maximum absolute atomic E-state index is 5.78. The molecular formula is C18H30N2O. The van der Waals surface area contributed by atoms with E-state index >= 15 is 0 Å². The Labute approximate surface area is 129 Å². The SMILES string of the molecule is CCCNC(CN1CCOC(CC)C1)c1ccc(C)cc1. The molecule has 0 saturated carbocycles. The molecule has 1 fully saturated rings. The third-order valence-corrected chi connectivity index (χ3v) is 4.24. The molecule has 3 nitrogen and oxygen atoms in total. The minimum atomic E-state index is 0.406. The molecule has 0 amide bonds. The number of aryl methyl sites for hydroxylation is 1. The van der Waals surface area contributed by atoms with Crippen molar-refractivity contribution < 1.29 is 4.74 Å². The Balaban J connectivity index is 2.00. The summed E-state index contributed by atoms with van der Waals surface area (Å²) in [5.41, 5.74) is 2.72. The third kappa shape index (κ3) is 5.10. The molecule has 1 aliphatic rings. The van der Waals surface area contributed by atoms with Gasteiger partial charge < -0.3 is 10.1 Å². The van der Waals surface area contributed by atoms with Crippen molar-refractivity contribution in [1.82, 2.24) is 10.2 Å². The fraction of sp³-hybridized carbons (Fsp3) is 0.667. The maximum atomic E-state index is 5.78. The zero-order valence-corrected chi connectivity index (χ0v) is 13.8. The van der Waals surface area contributed by atoms with Gasteiger partial charge in [-0.05, 0) is 31.9 Å². The molecule has 0 spiro atoms. The summed E-state index contributed by atoms with van der Waals surface area (Å²) in [6, 6.07) is 9.37. The van der Waals surface area contributed by atoms with Gasteiger partial charge in [0, 0.05) is 25.7 Å². The van der Waals surface area contributed by atoms with Gasteiger partial charge in [0.2, 0.25) is 0 Å². The van der Waals surface area contributed by atoms with E-state index in [9.17, 15) is 0 Å². The van der Waals surface area contributed by atoms with E-state index in [4.69, 9.17) is 4.74 Å². The van der Waals surface area contributed by atoms with Crippen LogP contribution in [-0.4, -0.2) is 43.8 Å². The van der Waals surface area contributed by atoms with Crippen LogP contribution in [0, 0.1) is 6.92 Å². The van der Waals surface area contributed by atoms with Gasteiger partial charge in [0.25, 0.3) is 0 Å². The molecule has 3 heteroatoms. The topological polar surface area (TPSA) is 24.5 Å². The van der Waals surface area contributed by atoms with Gasteiger partial charge in [-0.25, -0.2) is 0 Å². The van der Waals surface area contributed by atoms with Crippen LogP contribution in [0.1, 0.15) is 43.9 Å². The second-order valence-electron chi connectivity index (χ2n) is 6.08. The van der Waals surface area contributed by atoms with Crippen molar-refractivity contribution in [2.24, 2.45) is 0 Å². The first kappa shape index (κ1) is 16.5. The molecule has 21 heavy (non-hydrogen) atoms. The number of benzene rings is 1. The number of hydrogen-bond acceptors (Lipinski definition) is 3. The molecule has 1 aromatic carbocycles. The first-order valence-electron chi connectivity index (χ1n) is 8.36. The van der Waals surface area contributed by atoms with Crippen LogP contribution in [0.2, 0.25) is 0 Å². The van der Waals surface area contributed by atoms with E-state index in [0.29, 0.717) is 12.1 Å². The summed E-state index contributed by atoms with van der Waals surface area (Å²) in [7, 11) is 0. The summed E-state index contributed by atoms with van der Waals surface area (Å²) >= 11 is 0. The lowest BCUT2D eigenvalue weighted by atomic mass is 10.0. The van der Waals surface area contributed by atoms with Gasteiger partial charge in [-0.2, -0.15) is 0 Å². The van der Waals surface area contributed by atoms with Crippen LogP contribution < -0.4 is 5.32 Å². The minimum absolute atomic E-state index is 0.406. The second kappa shape index (κ2) is 8.52. The van der Waals surface area contributed by atoms with E-state index < -0.39 is 0 Å². The molecule has 1 aromatic rings. The molecule has 0 bridgehead atoms. The lowest BCUT2D eigenvalue weighted by Gasteiger charge is -2.35. The average Bonchev–Trinajstić information content (AvgIpc) is 2.52. The summed E-state index contributed by atoms with van der Waals surface area (Å²) in [5, 5.41) is 3.70. The molecule has 118 valence electrons. The molecule has 0 radical (unpaired) electrons. The molecule has 0 aliphatic carbocycles. The molecular weight excluding hydrogens is 260 g/mol. The van der Waals surface area contributed by atoms with Gasteiger partial charge in [-0.1, -0.05) is 43.7 Å². The van der Waals surface area contributed by atoms with Crippen molar-refractivity contribution in [2.75, 3.05) is 32.8 Å². The Hall–Kier alpha value is -0.900. The fourth-order valence-electron chi connectivity index (χ4n) is 2.86. The molecule has 2 unspecified atom stereocenters. The summed E-state index contributed by atoms with van der Waals surface area (Å²) in [6.07, 6.45) is 2.68. The van der Waals surface area contributed by atoms with Crippen molar-refractivity contribution in [1.29, 1.82) is 0 Å². The Morgan fingerprint density at radius 3 is 2.71 bits per heavy atom. The highest BCUT2D eigenvalue weighted by Crippen LogP contribution is 2.18. The first-order valence-corrected chi connectivity index (χ1v) is 8.36. The van der Waals surface area contributed by atoms with E-state index in [0.717, 1.165) is 39.2 Å². The van der Waals surface area contributed by atoms with Crippen molar-refractivity contribution >= 4 is 0 Å². The molecule has 2 atom stereocenters. The number of ether oxygens (including phenoxy) is 1. The zero-order chi connectivity index (χ0) is 15.1. The number of hydrogen-bond donors (Lipinski definition) is 1. The maximum Gasteiger partial charge on any atom is 0.0700 e. The quantitative estimate of drug-likeness (QED) is 0.835. The Morgan fingerprint density at radius 2 is 2.05 bits per heavy atom. The van der Waals surface area contributed by atoms with Crippen LogP contribution in [0.5, 0.6) is 0 Å². The van der Waals surface area contributed by atoms with Crippen LogP contribution in [0.3, 0.4) is 0 Å². The van der Waals surface area contributed by atoms with E-state index in [2.05, 4.69) is 55.3 Å². The standard InChI is InChI=1S/C18H30N2O/c1-4-10-19-18(16-8-6-15(3)7-9-16)14-20-11-12-21-17(5-2)13-20/h6-9,17-19H,4-5,10-14H2,1-3H3. The highest BCUT2D eigenvalue weighted by molar-refractivity contribution is 5.24. The largest absolute Gasteiger partial charge is 0.376 e. The third-order valence-electron chi connectivity index (χ3n) is 4.24. The van der Waals surface area contributed by atoms with Gasteiger partial charge in [0.05, 0.1) is 12.7 Å². The first-order chi connectivity index (χ1) is 10.2. The molecule has 1 saturated heterocycles. The monoisotopic (exact) mass is 290 g/mol. The van der Waals surface area contributed by atoms with Gasteiger partial charge in [-0.15, -0.1) is 0 Å². The molecule has 0 aromatic heterocycles. The van der Waals surface area contributed by atoms with Crippen molar-refractivity contribution in [3.05, 3.63) is 35.4 Å². The summed E-state index contributed by atoms with van der Waals surface area (Å²) in [6.45, 7) is 11.7. The van der Waals surface area contributed by atoms with Gasteiger partial charge >= 0.3 is 0 Å². The normalized spacial score (nSPS) is 21.4. The number of rotatable bonds is 7. The fourth-order valence-corrected chi connectivity index (χ4v) is 2.86. The van der Waals surface area contributed by atoms with Crippen LogP contribution in [0.4, 0.5) is 0 Å². The number of nitrogens with zero attached hydrogens (tertiary/aromatic N) is 1. The van der Waals surface area contributed by atoms with Gasteiger partial charge in [0.1, 0.15) is 0 Å². The second-order valence-corrected chi connectivity index (χ2v) is 6.08. The summed E-state index contributed by atoms with van der Waals surface area (Å²) in [5.74, 6) is 0. The van der Waals surface area contributed by atoms with Gasteiger partial charge in [-0.3, -0.25) is 4.90 Å². The summed E-state index contributed by atoms with van der Waals surface area (Å²) in [4.78, 5) is 2.55. The van der Waals surface area contributed by atoms with E-state index in [-0.39, 0.29) is 0 Å². The number of nitrogens with one attached hydrogen (secondary N) is 1. The van der Waals surface area contributed by atoms with E-state index in [1.807, 2.05) is 0 Å². The average molecular weight is 290 g/mol. The predicted octanol–water partition coefficient (Wildman–Crippen LogP) is 3.15. The lowest BCUT2D eigenvalue weighted by Crippen LogP contribution is -2.45. The van der Waals surface area contributed by atoms with Crippen LogP contribution >= 0.6 is 0 Å².